The van der Waals surface area contributed by atoms with Crippen LogP contribution in [-0.2, 0) is 6.54 Å². The number of nitrogens with zero attached hydrogens (tertiary/aromatic N) is 2. The lowest BCUT2D eigenvalue weighted by molar-refractivity contribution is 0.0945. The molecular formula is C17H21ClN4O. The molecule has 2 rings (SSSR count). The molecular weight excluding hydrogens is 312 g/mol. The first-order valence-corrected chi connectivity index (χ1v) is 7.94. The van der Waals surface area contributed by atoms with Crippen LogP contribution in [0.1, 0.15) is 35.6 Å². The van der Waals surface area contributed by atoms with Crippen LogP contribution in [0.3, 0.4) is 0 Å². The zero-order valence-corrected chi connectivity index (χ0v) is 14.3. The lowest BCUT2D eigenvalue weighted by Crippen LogP contribution is -2.24. The Bertz CT molecular complexity index is 671. The number of aromatic nitrogens is 2. The first kappa shape index (κ1) is 17.2. The van der Waals surface area contributed by atoms with E-state index in [1.165, 1.54) is 0 Å². The van der Waals surface area contributed by atoms with Gasteiger partial charge in [-0.25, -0.2) is 9.97 Å². The van der Waals surface area contributed by atoms with Gasteiger partial charge in [0, 0.05) is 23.8 Å². The van der Waals surface area contributed by atoms with Crippen molar-refractivity contribution in [3.8, 4) is 0 Å². The summed E-state index contributed by atoms with van der Waals surface area (Å²) < 4.78 is 0. The maximum Gasteiger partial charge on any atom is 0.270 e. The molecule has 0 aliphatic carbocycles. The van der Waals surface area contributed by atoms with Crippen molar-refractivity contribution in [1.29, 1.82) is 0 Å². The van der Waals surface area contributed by atoms with E-state index in [4.69, 9.17) is 11.6 Å². The molecule has 2 N–H and O–H groups in total. The first-order chi connectivity index (χ1) is 10.9. The summed E-state index contributed by atoms with van der Waals surface area (Å²) in [7, 11) is 0. The monoisotopic (exact) mass is 332 g/mol. The van der Waals surface area contributed by atoms with Gasteiger partial charge in [0.25, 0.3) is 5.91 Å². The molecule has 1 heterocycles. The van der Waals surface area contributed by atoms with Gasteiger partial charge in [0.05, 0.1) is 0 Å². The number of aryl methyl sites for hydroxylation is 1. The number of hydrogen-bond donors (Lipinski definition) is 2. The zero-order chi connectivity index (χ0) is 16.8. The number of nitrogens with one attached hydrogen (secondary N) is 2. The summed E-state index contributed by atoms with van der Waals surface area (Å²) >= 11 is 5.85. The molecule has 1 amide bonds. The number of amides is 1. The van der Waals surface area contributed by atoms with Gasteiger partial charge in [-0.3, -0.25) is 4.79 Å². The van der Waals surface area contributed by atoms with E-state index >= 15 is 0 Å². The molecule has 5 nitrogen and oxygen atoms in total. The number of halogens is 1. The van der Waals surface area contributed by atoms with Gasteiger partial charge in [-0.1, -0.05) is 37.6 Å². The number of anilines is 1. The summed E-state index contributed by atoms with van der Waals surface area (Å²) in [6.07, 6.45) is 0. The highest BCUT2D eigenvalue weighted by Crippen LogP contribution is 2.10. The van der Waals surface area contributed by atoms with Gasteiger partial charge in [0.15, 0.2) is 0 Å². The topological polar surface area (TPSA) is 66.9 Å². The molecule has 6 heteroatoms. The van der Waals surface area contributed by atoms with E-state index in [9.17, 15) is 4.79 Å². The Kier molecular flexibility index (Phi) is 5.93. The smallest absolute Gasteiger partial charge is 0.270 e. The molecule has 122 valence electrons. The molecule has 0 saturated heterocycles. The molecule has 2 aromatic rings. The average Bonchev–Trinajstić information content (AvgIpc) is 2.51. The van der Waals surface area contributed by atoms with Gasteiger partial charge in [-0.15, -0.1) is 0 Å². The van der Waals surface area contributed by atoms with Gasteiger partial charge in [0.1, 0.15) is 5.69 Å². The van der Waals surface area contributed by atoms with Crippen molar-refractivity contribution < 1.29 is 4.79 Å². The largest absolute Gasteiger partial charge is 0.354 e. The third kappa shape index (κ3) is 5.53. The zero-order valence-electron chi connectivity index (χ0n) is 13.6. The van der Waals surface area contributed by atoms with E-state index in [1.807, 2.05) is 19.1 Å². The van der Waals surface area contributed by atoms with Crippen molar-refractivity contribution in [3.63, 3.8) is 0 Å². The average molecular weight is 333 g/mol. The van der Waals surface area contributed by atoms with Crippen molar-refractivity contribution in [1.82, 2.24) is 15.3 Å². The van der Waals surface area contributed by atoms with E-state index in [0.29, 0.717) is 29.1 Å². The highest BCUT2D eigenvalue weighted by molar-refractivity contribution is 6.30. The Morgan fingerprint density at radius 1 is 1.22 bits per heavy atom. The molecule has 1 aromatic heterocycles. The minimum atomic E-state index is -0.224. The Morgan fingerprint density at radius 3 is 2.57 bits per heavy atom. The number of carbonyl (C=O) groups excluding carboxylic acids is 1. The summed E-state index contributed by atoms with van der Waals surface area (Å²) in [6, 6.07) is 9.03. The number of hydrogen-bond acceptors (Lipinski definition) is 4. The highest BCUT2D eigenvalue weighted by atomic mass is 35.5. The quantitative estimate of drug-likeness (QED) is 0.850. The molecule has 0 bridgehead atoms. The SMILES string of the molecule is Cc1cc(C(=O)NCc2ccc(Cl)cc2)nc(NCC(C)C)n1. The molecule has 0 radical (unpaired) electrons. The third-order valence-corrected chi connectivity index (χ3v) is 3.37. The van der Waals surface area contributed by atoms with Crippen LogP contribution in [0.4, 0.5) is 5.95 Å². The van der Waals surface area contributed by atoms with Gasteiger partial charge in [-0.05, 0) is 36.6 Å². The fourth-order valence-corrected chi connectivity index (χ4v) is 2.06. The van der Waals surface area contributed by atoms with Crippen LogP contribution in [-0.4, -0.2) is 22.4 Å². The highest BCUT2D eigenvalue weighted by Gasteiger charge is 2.10. The number of carbonyl (C=O) groups is 1. The van der Waals surface area contributed by atoms with E-state index in [-0.39, 0.29) is 5.91 Å². The van der Waals surface area contributed by atoms with Crippen LogP contribution in [0, 0.1) is 12.8 Å². The molecule has 23 heavy (non-hydrogen) atoms. The van der Waals surface area contributed by atoms with Crippen LogP contribution < -0.4 is 10.6 Å². The number of benzene rings is 1. The predicted octanol–water partition coefficient (Wildman–Crippen LogP) is 3.44. The van der Waals surface area contributed by atoms with Gasteiger partial charge in [-0.2, -0.15) is 0 Å². The second-order valence-corrected chi connectivity index (χ2v) is 6.24. The van der Waals surface area contributed by atoms with Crippen molar-refractivity contribution >= 4 is 23.5 Å². The lowest BCUT2D eigenvalue weighted by atomic mass is 10.2. The van der Waals surface area contributed by atoms with E-state index in [2.05, 4.69) is 34.4 Å². The van der Waals surface area contributed by atoms with Crippen molar-refractivity contribution in [2.45, 2.75) is 27.3 Å². The second-order valence-electron chi connectivity index (χ2n) is 5.80. The van der Waals surface area contributed by atoms with E-state index in [0.717, 1.165) is 17.8 Å². The van der Waals surface area contributed by atoms with Crippen LogP contribution >= 0.6 is 11.6 Å². The molecule has 0 fully saturated rings. The van der Waals surface area contributed by atoms with Crippen LogP contribution in [0.2, 0.25) is 5.02 Å². The fourth-order valence-electron chi connectivity index (χ4n) is 1.93. The minimum absolute atomic E-state index is 0.224. The Labute approximate surface area is 141 Å². The molecule has 0 aliphatic rings. The normalized spacial score (nSPS) is 10.7. The standard InChI is InChI=1S/C17H21ClN4O/c1-11(2)9-20-17-21-12(3)8-15(22-17)16(23)19-10-13-4-6-14(18)7-5-13/h4-8,11H,9-10H2,1-3H3,(H,19,23)(H,20,21,22). The summed E-state index contributed by atoms with van der Waals surface area (Å²) in [5.74, 6) is 0.731. The Morgan fingerprint density at radius 2 is 1.91 bits per heavy atom. The van der Waals surface area contributed by atoms with E-state index in [1.54, 1.807) is 18.2 Å². The maximum absolute atomic E-state index is 12.3. The van der Waals surface area contributed by atoms with Crippen LogP contribution in [0.5, 0.6) is 0 Å². The van der Waals surface area contributed by atoms with Gasteiger partial charge in [0.2, 0.25) is 5.95 Å². The third-order valence-electron chi connectivity index (χ3n) is 3.12. The molecule has 0 unspecified atom stereocenters. The molecule has 0 atom stereocenters. The molecule has 1 aromatic carbocycles. The summed E-state index contributed by atoms with van der Waals surface area (Å²) in [4.78, 5) is 20.8. The van der Waals surface area contributed by atoms with Crippen molar-refractivity contribution in [3.05, 3.63) is 52.3 Å². The Hall–Kier alpha value is -2.14. The van der Waals surface area contributed by atoms with Gasteiger partial charge >= 0.3 is 0 Å². The second kappa shape index (κ2) is 7.92. The van der Waals surface area contributed by atoms with E-state index < -0.39 is 0 Å². The Balaban J connectivity index is 2.02. The summed E-state index contributed by atoms with van der Waals surface area (Å²) in [6.45, 7) is 7.23. The molecule has 0 spiro atoms. The van der Waals surface area contributed by atoms with Crippen LogP contribution in [0.25, 0.3) is 0 Å². The maximum atomic E-state index is 12.3. The minimum Gasteiger partial charge on any atom is -0.354 e. The first-order valence-electron chi connectivity index (χ1n) is 7.56. The molecule has 0 saturated carbocycles. The molecule has 0 aliphatic heterocycles. The van der Waals surface area contributed by atoms with Gasteiger partial charge < -0.3 is 10.6 Å². The lowest BCUT2D eigenvalue weighted by Gasteiger charge is -2.10. The number of rotatable bonds is 6. The van der Waals surface area contributed by atoms with Crippen molar-refractivity contribution in [2.75, 3.05) is 11.9 Å². The van der Waals surface area contributed by atoms with Crippen molar-refractivity contribution in [2.24, 2.45) is 5.92 Å². The predicted molar refractivity (Wildman–Crippen MR) is 92.7 cm³/mol. The summed E-state index contributed by atoms with van der Waals surface area (Å²) in [5.41, 5.74) is 2.09. The fraction of sp³-hybridized carbons (Fsp3) is 0.353. The van der Waals surface area contributed by atoms with Crippen LogP contribution in [0.15, 0.2) is 30.3 Å². The summed E-state index contributed by atoms with van der Waals surface area (Å²) in [5, 5.41) is 6.67.